The first kappa shape index (κ1) is 20.6. The lowest BCUT2D eigenvalue weighted by Crippen LogP contribution is -2.35. The topological polar surface area (TPSA) is 98.1 Å². The van der Waals surface area contributed by atoms with E-state index in [1.807, 2.05) is 59.0 Å². The van der Waals surface area contributed by atoms with Gasteiger partial charge in [0.15, 0.2) is 0 Å². The second kappa shape index (κ2) is 8.06. The van der Waals surface area contributed by atoms with Crippen LogP contribution >= 0.6 is 0 Å². The van der Waals surface area contributed by atoms with Gasteiger partial charge in [-0.05, 0) is 39.3 Å². The highest BCUT2D eigenvalue weighted by atomic mass is 16.6. The predicted molar refractivity (Wildman–Crippen MR) is 110 cm³/mol. The number of ether oxygens (including phenoxy) is 1. The van der Waals surface area contributed by atoms with Gasteiger partial charge in [0.05, 0.1) is 35.2 Å². The number of nitrogens with zero attached hydrogens (tertiary/aromatic N) is 3. The third kappa shape index (κ3) is 5.01. The van der Waals surface area contributed by atoms with E-state index in [1.54, 1.807) is 17.1 Å². The summed E-state index contributed by atoms with van der Waals surface area (Å²) in [5, 5.41) is 10.1. The Balaban J connectivity index is 2.02. The highest BCUT2D eigenvalue weighted by Gasteiger charge is 2.23. The largest absolute Gasteiger partial charge is 0.444 e. The molecule has 0 saturated heterocycles. The maximum Gasteiger partial charge on any atom is 0.408 e. The molecule has 2 amide bonds. The van der Waals surface area contributed by atoms with Gasteiger partial charge in [0.1, 0.15) is 5.60 Å². The summed E-state index contributed by atoms with van der Waals surface area (Å²) in [5.74, 6) is -0.460. The standard InChI is InChI=1S/C21H27N5O3/c1-13-7-6-8-15(25-20(28)29-21(2,3)4)16-11-14(9-10-22-16)18-17(24-19(13)27)12-23-26(18)5/h6-7,9-13,15H,8H2,1-5H3,(H,24,27)(H,25,28)/b7-6+/t13-,15+/m1/s1. The molecule has 0 radical (unpaired) electrons. The minimum Gasteiger partial charge on any atom is -0.444 e. The molecule has 154 valence electrons. The van der Waals surface area contributed by atoms with Crippen LogP contribution in [0.1, 0.15) is 45.9 Å². The van der Waals surface area contributed by atoms with E-state index in [0.717, 1.165) is 11.3 Å². The van der Waals surface area contributed by atoms with E-state index in [4.69, 9.17) is 4.74 Å². The lowest BCUT2D eigenvalue weighted by molar-refractivity contribution is -0.118. The van der Waals surface area contributed by atoms with Crippen molar-refractivity contribution in [3.8, 4) is 11.3 Å². The summed E-state index contributed by atoms with van der Waals surface area (Å²) in [6.07, 6.45) is 6.98. The molecule has 3 rings (SSSR count). The lowest BCUT2D eigenvalue weighted by Gasteiger charge is -2.23. The molecule has 1 aliphatic heterocycles. The van der Waals surface area contributed by atoms with Crippen LogP contribution in [0.3, 0.4) is 0 Å². The second-order valence-electron chi connectivity index (χ2n) is 8.14. The molecule has 2 aromatic heterocycles. The Morgan fingerprint density at radius 3 is 2.86 bits per heavy atom. The summed E-state index contributed by atoms with van der Waals surface area (Å²) < 4.78 is 7.11. The molecule has 2 N–H and O–H groups in total. The molecule has 29 heavy (non-hydrogen) atoms. The van der Waals surface area contributed by atoms with E-state index in [2.05, 4.69) is 20.7 Å². The zero-order chi connectivity index (χ0) is 21.2. The number of rotatable bonds is 1. The van der Waals surface area contributed by atoms with E-state index in [-0.39, 0.29) is 11.8 Å². The van der Waals surface area contributed by atoms with Crippen molar-refractivity contribution >= 4 is 17.7 Å². The number of pyridine rings is 1. The number of alkyl carbamates (subject to hydrolysis) is 1. The van der Waals surface area contributed by atoms with Gasteiger partial charge in [0, 0.05) is 18.8 Å². The van der Waals surface area contributed by atoms with E-state index in [9.17, 15) is 9.59 Å². The maximum atomic E-state index is 12.5. The Labute approximate surface area is 170 Å². The van der Waals surface area contributed by atoms with Crippen LogP contribution in [0.25, 0.3) is 11.3 Å². The summed E-state index contributed by atoms with van der Waals surface area (Å²) in [6.45, 7) is 7.27. The molecule has 0 spiro atoms. The molecule has 2 aromatic rings. The molecule has 0 aliphatic carbocycles. The Hall–Kier alpha value is -3.16. The molecule has 3 heterocycles. The molecule has 8 heteroatoms. The zero-order valence-electron chi connectivity index (χ0n) is 17.4. The average molecular weight is 397 g/mol. The van der Waals surface area contributed by atoms with Crippen molar-refractivity contribution in [3.05, 3.63) is 42.4 Å². The molecule has 8 nitrogen and oxygen atoms in total. The monoisotopic (exact) mass is 397 g/mol. The van der Waals surface area contributed by atoms with Gasteiger partial charge in [0.2, 0.25) is 5.91 Å². The number of aryl methyl sites for hydroxylation is 1. The highest BCUT2D eigenvalue weighted by molar-refractivity contribution is 5.96. The normalized spacial score (nSPS) is 20.5. The third-order valence-electron chi connectivity index (χ3n) is 4.51. The summed E-state index contributed by atoms with van der Waals surface area (Å²) in [4.78, 5) is 29.4. The van der Waals surface area contributed by atoms with Crippen molar-refractivity contribution in [1.82, 2.24) is 20.1 Å². The quantitative estimate of drug-likeness (QED) is 0.717. The Kier molecular flexibility index (Phi) is 5.72. The molecule has 2 bridgehead atoms. The second-order valence-corrected chi connectivity index (χ2v) is 8.14. The SMILES string of the molecule is C[C@@H]1/C=C/C[C@H](NC(=O)OC(C)(C)C)c2cc(ccn2)-c2c(cnn2C)NC1=O. The van der Waals surface area contributed by atoms with Crippen LogP contribution in [0.15, 0.2) is 36.7 Å². The first-order chi connectivity index (χ1) is 13.6. The fraction of sp³-hybridized carbons (Fsp3) is 0.429. The fourth-order valence-corrected chi connectivity index (χ4v) is 3.11. The van der Waals surface area contributed by atoms with Gasteiger partial charge in [-0.3, -0.25) is 14.5 Å². The number of anilines is 1. The highest BCUT2D eigenvalue weighted by Crippen LogP contribution is 2.30. The van der Waals surface area contributed by atoms with Crippen molar-refractivity contribution in [3.63, 3.8) is 0 Å². The molecular formula is C21H27N5O3. The Morgan fingerprint density at radius 1 is 1.38 bits per heavy atom. The van der Waals surface area contributed by atoms with Crippen molar-refractivity contribution in [1.29, 1.82) is 0 Å². The summed E-state index contributed by atoms with van der Waals surface area (Å²) in [6, 6.07) is 3.35. The van der Waals surface area contributed by atoms with E-state index < -0.39 is 17.7 Å². The van der Waals surface area contributed by atoms with Crippen LogP contribution in [0.2, 0.25) is 0 Å². The first-order valence-corrected chi connectivity index (χ1v) is 9.59. The fourth-order valence-electron chi connectivity index (χ4n) is 3.11. The summed E-state index contributed by atoms with van der Waals surface area (Å²) >= 11 is 0. The van der Waals surface area contributed by atoms with Crippen molar-refractivity contribution in [2.24, 2.45) is 13.0 Å². The van der Waals surface area contributed by atoms with Crippen LogP contribution < -0.4 is 10.6 Å². The van der Waals surface area contributed by atoms with Crippen LogP contribution in [0, 0.1) is 5.92 Å². The molecule has 2 atom stereocenters. The number of hydrogen-bond acceptors (Lipinski definition) is 5. The number of carbonyl (C=O) groups is 2. The smallest absolute Gasteiger partial charge is 0.408 e. The van der Waals surface area contributed by atoms with Gasteiger partial charge in [-0.15, -0.1) is 0 Å². The average Bonchev–Trinajstić information content (AvgIpc) is 2.98. The Bertz CT molecular complexity index is 942. The maximum absolute atomic E-state index is 12.5. The van der Waals surface area contributed by atoms with E-state index in [0.29, 0.717) is 17.8 Å². The van der Waals surface area contributed by atoms with Crippen LogP contribution in [-0.4, -0.2) is 32.4 Å². The number of hydrogen-bond donors (Lipinski definition) is 2. The zero-order valence-corrected chi connectivity index (χ0v) is 17.4. The number of fused-ring (bicyclic) bond motifs is 4. The van der Waals surface area contributed by atoms with Gasteiger partial charge in [-0.25, -0.2) is 4.79 Å². The molecular weight excluding hydrogens is 370 g/mol. The van der Waals surface area contributed by atoms with Crippen LogP contribution in [0.4, 0.5) is 10.5 Å². The lowest BCUT2D eigenvalue weighted by atomic mass is 10.0. The molecule has 0 saturated carbocycles. The van der Waals surface area contributed by atoms with Crippen molar-refractivity contribution in [2.75, 3.05) is 5.32 Å². The van der Waals surface area contributed by atoms with Crippen molar-refractivity contribution in [2.45, 2.75) is 45.8 Å². The van der Waals surface area contributed by atoms with Gasteiger partial charge in [-0.2, -0.15) is 5.10 Å². The van der Waals surface area contributed by atoms with E-state index in [1.165, 1.54) is 0 Å². The molecule has 0 unspecified atom stereocenters. The number of aromatic nitrogens is 3. The predicted octanol–water partition coefficient (Wildman–Crippen LogP) is 3.58. The summed E-state index contributed by atoms with van der Waals surface area (Å²) in [5.41, 5.74) is 2.35. The molecule has 0 aromatic carbocycles. The summed E-state index contributed by atoms with van der Waals surface area (Å²) in [7, 11) is 1.82. The van der Waals surface area contributed by atoms with E-state index >= 15 is 0 Å². The van der Waals surface area contributed by atoms with Crippen LogP contribution in [-0.2, 0) is 16.6 Å². The molecule has 1 aliphatic rings. The Morgan fingerprint density at radius 2 is 2.14 bits per heavy atom. The number of nitrogens with one attached hydrogen (secondary N) is 2. The number of carbonyl (C=O) groups excluding carboxylic acids is 2. The third-order valence-corrected chi connectivity index (χ3v) is 4.51. The molecule has 0 fully saturated rings. The van der Waals surface area contributed by atoms with Crippen molar-refractivity contribution < 1.29 is 14.3 Å². The van der Waals surface area contributed by atoms with Gasteiger partial charge < -0.3 is 15.4 Å². The first-order valence-electron chi connectivity index (χ1n) is 9.59. The van der Waals surface area contributed by atoms with Gasteiger partial charge >= 0.3 is 6.09 Å². The number of amides is 2. The van der Waals surface area contributed by atoms with Gasteiger partial charge in [-0.1, -0.05) is 19.1 Å². The minimum absolute atomic E-state index is 0.123. The van der Waals surface area contributed by atoms with Crippen LogP contribution in [0.5, 0.6) is 0 Å². The van der Waals surface area contributed by atoms with Gasteiger partial charge in [0.25, 0.3) is 0 Å². The minimum atomic E-state index is -0.600.